The minimum Gasteiger partial charge on any atom is -0.432 e. The molecule has 0 aromatic carbocycles. The average Bonchev–Trinajstić information content (AvgIpc) is 3.38. The summed E-state index contributed by atoms with van der Waals surface area (Å²) in [6.07, 6.45) is 6.09. The molecule has 130 valence electrons. The van der Waals surface area contributed by atoms with Crippen LogP contribution in [-0.2, 0) is 0 Å². The Morgan fingerprint density at radius 3 is 3.12 bits per heavy atom. The van der Waals surface area contributed by atoms with Gasteiger partial charge in [0.15, 0.2) is 12.0 Å². The van der Waals surface area contributed by atoms with E-state index in [0.717, 1.165) is 6.42 Å². The summed E-state index contributed by atoms with van der Waals surface area (Å²) in [4.78, 5) is 27.7. The Balaban J connectivity index is 1.56. The van der Waals surface area contributed by atoms with Crippen LogP contribution in [0.4, 0.5) is 5.82 Å². The maximum Gasteiger partial charge on any atom is 0.310 e. The quantitative estimate of drug-likeness (QED) is 0.611. The second-order valence-electron chi connectivity index (χ2n) is 6.56. The van der Waals surface area contributed by atoms with Gasteiger partial charge in [-0.1, -0.05) is 6.57 Å². The fourth-order valence-electron chi connectivity index (χ4n) is 3.92. The number of oxazole rings is 1. The van der Waals surface area contributed by atoms with Gasteiger partial charge in [0.2, 0.25) is 0 Å². The first-order valence-corrected chi connectivity index (χ1v) is 8.39. The molecule has 0 unspecified atom stereocenters. The Morgan fingerprint density at radius 1 is 1.50 bits per heavy atom. The lowest BCUT2D eigenvalue weighted by molar-refractivity contribution is 0.0692. The van der Waals surface area contributed by atoms with Crippen LogP contribution in [-0.4, -0.2) is 50.8 Å². The minimum absolute atomic E-state index is 0.0159. The van der Waals surface area contributed by atoms with Gasteiger partial charge in [0.05, 0.1) is 12.2 Å². The number of amides is 1. The molecule has 0 saturated carbocycles. The summed E-state index contributed by atoms with van der Waals surface area (Å²) < 4.78 is 5.66. The number of carbonyl (C=O) groups is 1. The Morgan fingerprint density at radius 2 is 2.35 bits per heavy atom. The number of likely N-dealkylation sites (tertiary alicyclic amines) is 2. The summed E-state index contributed by atoms with van der Waals surface area (Å²) >= 11 is 0. The van der Waals surface area contributed by atoms with Crippen LogP contribution >= 0.6 is 0 Å². The van der Waals surface area contributed by atoms with Gasteiger partial charge in [-0.15, -0.1) is 4.98 Å². The number of nitriles is 1. The van der Waals surface area contributed by atoms with Gasteiger partial charge < -0.3 is 19.1 Å². The van der Waals surface area contributed by atoms with Crippen LogP contribution in [0.2, 0.25) is 0 Å². The number of hydrogen-bond donors (Lipinski definition) is 0. The second kappa shape index (κ2) is 6.16. The number of nitrogens with zero attached hydrogens (tertiary/aromatic N) is 6. The largest absolute Gasteiger partial charge is 0.432 e. The molecule has 2 aliphatic heterocycles. The Bertz CT molecular complexity index is 940. The topological polar surface area (TPSA) is 90.6 Å². The summed E-state index contributed by atoms with van der Waals surface area (Å²) in [5.41, 5.74) is 0.655. The molecule has 26 heavy (non-hydrogen) atoms. The van der Waals surface area contributed by atoms with Crippen LogP contribution < -0.4 is 0 Å². The van der Waals surface area contributed by atoms with E-state index in [0.29, 0.717) is 30.3 Å². The zero-order chi connectivity index (χ0) is 18.3. The van der Waals surface area contributed by atoms with Gasteiger partial charge in [-0.3, -0.25) is 4.79 Å². The summed E-state index contributed by atoms with van der Waals surface area (Å²) in [7, 11) is 0. The Kier molecular flexibility index (Phi) is 3.81. The summed E-state index contributed by atoms with van der Waals surface area (Å²) in [6, 6.07) is 3.46. The van der Waals surface area contributed by atoms with Gasteiger partial charge in [0, 0.05) is 30.6 Å². The number of fused-ring (bicyclic) bond motifs is 1. The lowest BCUT2D eigenvalue weighted by Crippen LogP contribution is -2.39. The van der Waals surface area contributed by atoms with Crippen LogP contribution in [0, 0.1) is 23.9 Å². The SMILES string of the molecule is [C-]#[N+]c1cc(-c2cnc(C(=O)N3CC[C@H]4[C@@H](C)N(C#N)C[C@H]43)o2)ccn1. The molecule has 2 fully saturated rings. The van der Waals surface area contributed by atoms with Gasteiger partial charge in [-0.25, -0.2) is 4.98 Å². The summed E-state index contributed by atoms with van der Waals surface area (Å²) in [5.74, 6) is 0.759. The fourth-order valence-corrected chi connectivity index (χ4v) is 3.92. The van der Waals surface area contributed by atoms with Gasteiger partial charge in [0.25, 0.3) is 11.7 Å². The molecule has 0 N–H and O–H groups in total. The zero-order valence-electron chi connectivity index (χ0n) is 14.2. The van der Waals surface area contributed by atoms with E-state index in [1.165, 1.54) is 12.4 Å². The molecule has 3 atom stereocenters. The molecule has 8 nitrogen and oxygen atoms in total. The summed E-state index contributed by atoms with van der Waals surface area (Å²) in [5, 5.41) is 9.22. The van der Waals surface area contributed by atoms with E-state index in [9.17, 15) is 10.1 Å². The standard InChI is InChI=1S/C18H16N6O2/c1-11-13-4-6-24(14(13)9-23(11)10-19)18(25)17-22-8-15(26-17)12-3-5-21-16(7-12)20-2/h3,5,7-8,11,13-14H,4,6,9H2,1H3/t11-,13+,14-/m1/s1. The molecule has 0 aliphatic carbocycles. The first kappa shape index (κ1) is 16.1. The first-order chi connectivity index (χ1) is 12.6. The van der Waals surface area contributed by atoms with E-state index in [1.54, 1.807) is 21.9 Å². The van der Waals surface area contributed by atoms with E-state index in [1.807, 2.05) is 6.92 Å². The van der Waals surface area contributed by atoms with Gasteiger partial charge in [-0.05, 0) is 25.5 Å². The lowest BCUT2D eigenvalue weighted by Gasteiger charge is -2.22. The van der Waals surface area contributed by atoms with Gasteiger partial charge in [0.1, 0.15) is 6.20 Å². The van der Waals surface area contributed by atoms with Crippen LogP contribution in [0.15, 0.2) is 28.9 Å². The number of aromatic nitrogens is 2. The molecule has 0 spiro atoms. The number of pyridine rings is 1. The zero-order valence-corrected chi connectivity index (χ0v) is 14.2. The third kappa shape index (κ3) is 2.47. The smallest absolute Gasteiger partial charge is 0.310 e. The maximum absolute atomic E-state index is 12.9. The van der Waals surface area contributed by atoms with E-state index in [4.69, 9.17) is 11.0 Å². The number of carbonyl (C=O) groups excluding carboxylic acids is 1. The first-order valence-electron chi connectivity index (χ1n) is 8.39. The van der Waals surface area contributed by atoms with Crippen molar-refractivity contribution in [2.24, 2.45) is 5.92 Å². The molecular formula is C18H16N6O2. The van der Waals surface area contributed by atoms with Crippen molar-refractivity contribution in [3.8, 4) is 17.5 Å². The molecule has 2 aromatic rings. The van der Waals surface area contributed by atoms with Crippen molar-refractivity contribution in [2.45, 2.75) is 25.4 Å². The molecule has 4 rings (SSSR count). The Hall–Kier alpha value is -3.39. The van der Waals surface area contributed by atoms with Crippen molar-refractivity contribution in [1.29, 1.82) is 5.26 Å². The molecule has 8 heteroatoms. The normalized spacial score (nSPS) is 24.2. The monoisotopic (exact) mass is 348 g/mol. The molecular weight excluding hydrogens is 332 g/mol. The number of hydrogen-bond acceptors (Lipinski definition) is 6. The highest BCUT2D eigenvalue weighted by Gasteiger charge is 2.48. The van der Waals surface area contributed by atoms with Crippen LogP contribution in [0.5, 0.6) is 0 Å². The Labute approximate surface area is 150 Å². The highest BCUT2D eigenvalue weighted by Crippen LogP contribution is 2.36. The van der Waals surface area contributed by atoms with Crippen molar-refractivity contribution in [3.05, 3.63) is 41.8 Å². The fraction of sp³-hybridized carbons (Fsp3) is 0.389. The van der Waals surface area contributed by atoms with E-state index < -0.39 is 0 Å². The molecule has 2 saturated heterocycles. The third-order valence-corrected chi connectivity index (χ3v) is 5.32. The predicted octanol–water partition coefficient (Wildman–Crippen LogP) is 2.30. The highest BCUT2D eigenvalue weighted by atomic mass is 16.4. The van der Waals surface area contributed by atoms with Crippen molar-refractivity contribution in [2.75, 3.05) is 13.1 Å². The van der Waals surface area contributed by atoms with Gasteiger partial charge in [-0.2, -0.15) is 5.26 Å². The molecule has 0 radical (unpaired) electrons. The molecule has 0 bridgehead atoms. The van der Waals surface area contributed by atoms with Crippen molar-refractivity contribution in [3.63, 3.8) is 0 Å². The van der Waals surface area contributed by atoms with Crippen molar-refractivity contribution >= 4 is 11.7 Å². The van der Waals surface area contributed by atoms with Crippen LogP contribution in [0.1, 0.15) is 24.0 Å². The van der Waals surface area contributed by atoms with E-state index in [2.05, 4.69) is 21.0 Å². The third-order valence-electron chi connectivity index (χ3n) is 5.32. The average molecular weight is 348 g/mol. The van der Waals surface area contributed by atoms with Gasteiger partial charge >= 0.3 is 5.91 Å². The van der Waals surface area contributed by atoms with Crippen LogP contribution in [0.3, 0.4) is 0 Å². The second-order valence-corrected chi connectivity index (χ2v) is 6.56. The summed E-state index contributed by atoms with van der Waals surface area (Å²) in [6.45, 7) is 10.3. The maximum atomic E-state index is 12.9. The molecule has 2 aromatic heterocycles. The minimum atomic E-state index is -0.254. The van der Waals surface area contributed by atoms with E-state index in [-0.39, 0.29) is 29.7 Å². The van der Waals surface area contributed by atoms with Crippen LogP contribution in [0.25, 0.3) is 16.2 Å². The molecule has 2 aliphatic rings. The van der Waals surface area contributed by atoms with Crippen molar-refractivity contribution < 1.29 is 9.21 Å². The highest BCUT2D eigenvalue weighted by molar-refractivity contribution is 5.90. The van der Waals surface area contributed by atoms with E-state index >= 15 is 0 Å². The lowest BCUT2D eigenvalue weighted by atomic mass is 9.98. The number of rotatable bonds is 2. The predicted molar refractivity (Wildman–Crippen MR) is 90.7 cm³/mol. The molecule has 4 heterocycles. The molecule has 1 amide bonds. The van der Waals surface area contributed by atoms with Crippen molar-refractivity contribution in [1.82, 2.24) is 19.8 Å².